The minimum atomic E-state index is -0.586. The number of amides is 2. The molecule has 28 heavy (non-hydrogen) atoms. The maximum atomic E-state index is 12.9. The molecule has 0 spiro atoms. The van der Waals surface area contributed by atoms with Crippen LogP contribution in [0.25, 0.3) is 10.6 Å². The van der Waals surface area contributed by atoms with E-state index in [1.165, 1.54) is 11.3 Å². The summed E-state index contributed by atoms with van der Waals surface area (Å²) in [6.07, 6.45) is 4.75. The van der Waals surface area contributed by atoms with E-state index in [-0.39, 0.29) is 23.7 Å². The van der Waals surface area contributed by atoms with Gasteiger partial charge in [0, 0.05) is 16.5 Å². The maximum Gasteiger partial charge on any atom is 0.249 e. The summed E-state index contributed by atoms with van der Waals surface area (Å²) in [5.74, 6) is -0.231. The van der Waals surface area contributed by atoms with Crippen molar-refractivity contribution in [2.75, 3.05) is 5.32 Å². The standard InChI is InChI=1S/C20H25ClN4O2S/c1-3-12(2)16(22-17(26)13-7-4-5-8-13)18(27)23-20-25-24-19(28-20)14-9-6-10-15(21)11-14/h6,9-13,16H,3-5,7-8H2,1-2H3,(H,22,26)(H,23,25,27). The van der Waals surface area contributed by atoms with Crippen LogP contribution in [0, 0.1) is 11.8 Å². The van der Waals surface area contributed by atoms with E-state index in [2.05, 4.69) is 20.8 Å². The molecule has 150 valence electrons. The first-order valence-electron chi connectivity index (χ1n) is 9.68. The van der Waals surface area contributed by atoms with Crippen LogP contribution in [0.5, 0.6) is 0 Å². The van der Waals surface area contributed by atoms with Gasteiger partial charge in [0.1, 0.15) is 11.0 Å². The SMILES string of the molecule is CCC(C)C(NC(=O)C1CCCC1)C(=O)Nc1nnc(-c2cccc(Cl)c2)s1. The van der Waals surface area contributed by atoms with Gasteiger partial charge in [-0.2, -0.15) is 0 Å². The molecule has 1 saturated carbocycles. The minimum absolute atomic E-state index is 0.0187. The first kappa shape index (κ1) is 20.7. The highest BCUT2D eigenvalue weighted by Crippen LogP contribution is 2.29. The number of carbonyl (C=O) groups is 2. The molecule has 1 aliphatic rings. The van der Waals surface area contributed by atoms with Crippen LogP contribution in [-0.2, 0) is 9.59 Å². The van der Waals surface area contributed by atoms with Gasteiger partial charge < -0.3 is 5.32 Å². The second-order valence-corrected chi connectivity index (χ2v) is 8.68. The lowest BCUT2D eigenvalue weighted by Crippen LogP contribution is -2.49. The number of nitrogens with one attached hydrogen (secondary N) is 2. The molecule has 2 atom stereocenters. The Labute approximate surface area is 174 Å². The van der Waals surface area contributed by atoms with E-state index in [9.17, 15) is 9.59 Å². The second-order valence-electron chi connectivity index (χ2n) is 7.27. The fourth-order valence-electron chi connectivity index (χ4n) is 3.36. The Morgan fingerprint density at radius 1 is 1.29 bits per heavy atom. The molecule has 0 aliphatic heterocycles. The zero-order chi connectivity index (χ0) is 20.1. The van der Waals surface area contributed by atoms with Gasteiger partial charge in [-0.05, 0) is 30.9 Å². The summed E-state index contributed by atoms with van der Waals surface area (Å²) in [5.41, 5.74) is 0.846. The van der Waals surface area contributed by atoms with Crippen LogP contribution in [0.3, 0.4) is 0 Å². The number of benzene rings is 1. The van der Waals surface area contributed by atoms with Gasteiger partial charge in [-0.15, -0.1) is 10.2 Å². The van der Waals surface area contributed by atoms with Crippen molar-refractivity contribution >= 4 is 39.9 Å². The third kappa shape index (κ3) is 5.08. The third-order valence-electron chi connectivity index (χ3n) is 5.25. The highest BCUT2D eigenvalue weighted by molar-refractivity contribution is 7.18. The number of aromatic nitrogens is 2. The molecule has 1 heterocycles. The normalized spacial score (nSPS) is 16.5. The molecule has 2 N–H and O–H groups in total. The van der Waals surface area contributed by atoms with Crippen molar-refractivity contribution in [2.45, 2.75) is 52.0 Å². The highest BCUT2D eigenvalue weighted by atomic mass is 35.5. The van der Waals surface area contributed by atoms with Crippen LogP contribution in [0.4, 0.5) is 5.13 Å². The molecule has 0 radical (unpaired) electrons. The van der Waals surface area contributed by atoms with E-state index in [1.54, 1.807) is 12.1 Å². The summed E-state index contributed by atoms with van der Waals surface area (Å²) in [6, 6.07) is 6.74. The van der Waals surface area contributed by atoms with E-state index < -0.39 is 6.04 Å². The van der Waals surface area contributed by atoms with Crippen molar-refractivity contribution < 1.29 is 9.59 Å². The largest absolute Gasteiger partial charge is 0.344 e. The van der Waals surface area contributed by atoms with Gasteiger partial charge in [0.15, 0.2) is 0 Å². The van der Waals surface area contributed by atoms with Crippen LogP contribution in [0.2, 0.25) is 5.02 Å². The molecule has 1 aromatic heterocycles. The zero-order valence-corrected chi connectivity index (χ0v) is 17.6. The molecular weight excluding hydrogens is 396 g/mol. The Morgan fingerprint density at radius 2 is 2.04 bits per heavy atom. The van der Waals surface area contributed by atoms with Crippen LogP contribution in [-0.4, -0.2) is 28.1 Å². The topological polar surface area (TPSA) is 84.0 Å². The number of halogens is 1. The Hall–Kier alpha value is -1.99. The fourth-order valence-corrected chi connectivity index (χ4v) is 4.29. The van der Waals surface area contributed by atoms with Gasteiger partial charge in [-0.3, -0.25) is 14.9 Å². The quantitative estimate of drug-likeness (QED) is 0.689. The molecule has 3 rings (SSSR count). The predicted molar refractivity (Wildman–Crippen MR) is 112 cm³/mol. The molecule has 0 bridgehead atoms. The summed E-state index contributed by atoms with van der Waals surface area (Å²) in [7, 11) is 0. The summed E-state index contributed by atoms with van der Waals surface area (Å²) in [5, 5.41) is 15.7. The summed E-state index contributed by atoms with van der Waals surface area (Å²) >= 11 is 7.31. The first-order valence-corrected chi connectivity index (χ1v) is 10.9. The molecule has 0 saturated heterocycles. The molecule has 1 aliphatic carbocycles. The molecule has 2 aromatic rings. The van der Waals surface area contributed by atoms with Crippen LogP contribution < -0.4 is 10.6 Å². The van der Waals surface area contributed by atoms with E-state index in [0.29, 0.717) is 15.2 Å². The average Bonchev–Trinajstić information content (AvgIpc) is 3.37. The van der Waals surface area contributed by atoms with Crippen molar-refractivity contribution in [3.8, 4) is 10.6 Å². The molecule has 6 nitrogen and oxygen atoms in total. The molecule has 2 amide bonds. The second kappa shape index (κ2) is 9.47. The Bertz CT molecular complexity index is 835. The number of carbonyl (C=O) groups excluding carboxylic acids is 2. The number of rotatable bonds is 7. The van der Waals surface area contributed by atoms with Gasteiger partial charge in [0.05, 0.1) is 0 Å². The third-order valence-corrected chi connectivity index (χ3v) is 6.37. The van der Waals surface area contributed by atoms with E-state index in [1.807, 2.05) is 26.0 Å². The zero-order valence-electron chi connectivity index (χ0n) is 16.1. The Kier molecular flexibility index (Phi) is 7.02. The molecular formula is C20H25ClN4O2S. The Morgan fingerprint density at radius 3 is 2.71 bits per heavy atom. The fraction of sp³-hybridized carbons (Fsp3) is 0.500. The average molecular weight is 421 g/mol. The molecule has 1 fully saturated rings. The monoisotopic (exact) mass is 420 g/mol. The van der Waals surface area contributed by atoms with Gasteiger partial charge in [0.25, 0.3) is 0 Å². The highest BCUT2D eigenvalue weighted by Gasteiger charge is 2.30. The number of anilines is 1. The number of nitrogens with zero attached hydrogens (tertiary/aromatic N) is 2. The Balaban J connectivity index is 1.68. The van der Waals surface area contributed by atoms with Crippen molar-refractivity contribution in [2.24, 2.45) is 11.8 Å². The van der Waals surface area contributed by atoms with Gasteiger partial charge in [-0.1, -0.05) is 68.2 Å². The van der Waals surface area contributed by atoms with Gasteiger partial charge in [0.2, 0.25) is 16.9 Å². The van der Waals surface area contributed by atoms with Gasteiger partial charge >= 0.3 is 0 Å². The lowest BCUT2D eigenvalue weighted by Gasteiger charge is -2.24. The van der Waals surface area contributed by atoms with Crippen molar-refractivity contribution in [3.63, 3.8) is 0 Å². The number of hydrogen-bond acceptors (Lipinski definition) is 5. The first-order chi connectivity index (χ1) is 13.5. The van der Waals surface area contributed by atoms with E-state index >= 15 is 0 Å². The summed E-state index contributed by atoms with van der Waals surface area (Å²) < 4.78 is 0. The van der Waals surface area contributed by atoms with Crippen LogP contribution in [0.15, 0.2) is 24.3 Å². The summed E-state index contributed by atoms with van der Waals surface area (Å²) in [4.78, 5) is 25.4. The van der Waals surface area contributed by atoms with Crippen molar-refractivity contribution in [1.29, 1.82) is 0 Å². The summed E-state index contributed by atoms with van der Waals surface area (Å²) in [6.45, 7) is 3.98. The molecule has 8 heteroatoms. The minimum Gasteiger partial charge on any atom is -0.344 e. The van der Waals surface area contributed by atoms with Gasteiger partial charge in [-0.25, -0.2) is 0 Å². The lowest BCUT2D eigenvalue weighted by atomic mass is 9.97. The van der Waals surface area contributed by atoms with Crippen molar-refractivity contribution in [1.82, 2.24) is 15.5 Å². The predicted octanol–water partition coefficient (Wildman–Crippen LogP) is 4.52. The maximum absolute atomic E-state index is 12.9. The van der Waals surface area contributed by atoms with E-state index in [0.717, 1.165) is 37.7 Å². The van der Waals surface area contributed by atoms with Crippen LogP contribution >= 0.6 is 22.9 Å². The van der Waals surface area contributed by atoms with E-state index in [4.69, 9.17) is 11.6 Å². The lowest BCUT2D eigenvalue weighted by molar-refractivity contribution is -0.130. The molecule has 2 unspecified atom stereocenters. The molecule has 1 aromatic carbocycles. The van der Waals surface area contributed by atoms with Crippen molar-refractivity contribution in [3.05, 3.63) is 29.3 Å². The number of hydrogen-bond donors (Lipinski definition) is 2. The van der Waals surface area contributed by atoms with Crippen LogP contribution in [0.1, 0.15) is 46.0 Å². The smallest absolute Gasteiger partial charge is 0.249 e.